The van der Waals surface area contributed by atoms with Gasteiger partial charge in [-0.05, 0) is 45.8 Å². The summed E-state index contributed by atoms with van der Waals surface area (Å²) in [7, 11) is 1.84. The van der Waals surface area contributed by atoms with Gasteiger partial charge in [-0.3, -0.25) is 4.79 Å². The highest BCUT2D eigenvalue weighted by atomic mass is 79.9. The average Bonchev–Trinajstić information content (AvgIpc) is 3.16. The number of aromatic nitrogens is 1. The van der Waals surface area contributed by atoms with E-state index in [2.05, 4.69) is 28.1 Å². The zero-order valence-corrected chi connectivity index (χ0v) is 15.2. The minimum atomic E-state index is 0.0375. The summed E-state index contributed by atoms with van der Waals surface area (Å²) in [6.07, 6.45) is 1.95. The van der Waals surface area contributed by atoms with E-state index >= 15 is 0 Å². The lowest BCUT2D eigenvalue weighted by molar-refractivity contribution is 0.0776. The van der Waals surface area contributed by atoms with Crippen molar-refractivity contribution in [3.8, 4) is 0 Å². The number of rotatable bonds is 5. The first-order chi connectivity index (χ1) is 11.1. The number of nitrogens with zero attached hydrogens (tertiary/aromatic N) is 2. The molecule has 0 aliphatic carbocycles. The average molecular weight is 389 g/mol. The number of carbonyl (C=O) groups is 1. The number of thiophene rings is 1. The zero-order chi connectivity index (χ0) is 16.2. The maximum absolute atomic E-state index is 12.7. The van der Waals surface area contributed by atoms with E-state index in [1.165, 1.54) is 5.56 Å². The molecule has 0 bridgehead atoms. The van der Waals surface area contributed by atoms with Gasteiger partial charge in [-0.2, -0.15) is 0 Å². The van der Waals surface area contributed by atoms with Gasteiger partial charge in [0.05, 0.1) is 10.3 Å². The SMILES string of the molecule is CN(Cc1ccc(Br)s1)C(=O)c1cccn1Cc1ccccc1. The van der Waals surface area contributed by atoms with Crippen LogP contribution in [-0.2, 0) is 13.1 Å². The van der Waals surface area contributed by atoms with E-state index < -0.39 is 0 Å². The topological polar surface area (TPSA) is 25.2 Å². The lowest BCUT2D eigenvalue weighted by Gasteiger charge is -2.18. The van der Waals surface area contributed by atoms with Crippen LogP contribution in [0.25, 0.3) is 0 Å². The minimum absolute atomic E-state index is 0.0375. The van der Waals surface area contributed by atoms with Crippen LogP contribution in [0.5, 0.6) is 0 Å². The summed E-state index contributed by atoms with van der Waals surface area (Å²) in [5.41, 5.74) is 1.90. The van der Waals surface area contributed by atoms with E-state index in [4.69, 9.17) is 0 Å². The molecule has 0 fully saturated rings. The molecule has 2 heterocycles. The van der Waals surface area contributed by atoms with Gasteiger partial charge >= 0.3 is 0 Å². The van der Waals surface area contributed by atoms with Crippen LogP contribution in [0.3, 0.4) is 0 Å². The Labute approximate surface area is 148 Å². The summed E-state index contributed by atoms with van der Waals surface area (Å²) in [5, 5.41) is 0. The van der Waals surface area contributed by atoms with Gasteiger partial charge in [0, 0.05) is 24.7 Å². The summed E-state index contributed by atoms with van der Waals surface area (Å²) in [5.74, 6) is 0.0375. The smallest absolute Gasteiger partial charge is 0.270 e. The molecular formula is C18H17BrN2OS. The van der Waals surface area contributed by atoms with Crippen LogP contribution < -0.4 is 0 Å². The van der Waals surface area contributed by atoms with E-state index in [0.717, 1.165) is 8.66 Å². The standard InChI is InChI=1S/C18H17BrN2OS/c1-20(13-15-9-10-17(19)23-15)18(22)16-8-5-11-21(16)12-14-6-3-2-4-7-14/h2-11H,12-13H2,1H3. The van der Waals surface area contributed by atoms with E-state index in [9.17, 15) is 4.79 Å². The first-order valence-electron chi connectivity index (χ1n) is 7.32. The van der Waals surface area contributed by atoms with E-state index in [-0.39, 0.29) is 5.91 Å². The molecule has 3 rings (SSSR count). The second-order valence-corrected chi connectivity index (χ2v) is 7.92. The molecule has 5 heteroatoms. The Bertz CT molecular complexity index is 794. The molecule has 23 heavy (non-hydrogen) atoms. The molecule has 3 aromatic rings. The lowest BCUT2D eigenvalue weighted by Crippen LogP contribution is -2.28. The van der Waals surface area contributed by atoms with Crippen molar-refractivity contribution in [1.29, 1.82) is 0 Å². The highest BCUT2D eigenvalue weighted by Gasteiger charge is 2.16. The molecule has 0 N–H and O–H groups in total. The molecule has 0 saturated heterocycles. The van der Waals surface area contributed by atoms with Crippen molar-refractivity contribution in [2.45, 2.75) is 13.1 Å². The fourth-order valence-electron chi connectivity index (χ4n) is 2.46. The van der Waals surface area contributed by atoms with Crippen LogP contribution in [0.15, 0.2) is 64.6 Å². The number of benzene rings is 1. The molecule has 118 valence electrons. The van der Waals surface area contributed by atoms with E-state index in [1.54, 1.807) is 16.2 Å². The van der Waals surface area contributed by atoms with Crippen LogP contribution in [0.2, 0.25) is 0 Å². The number of carbonyl (C=O) groups excluding carboxylic acids is 1. The van der Waals surface area contributed by atoms with Crippen molar-refractivity contribution in [3.05, 3.63) is 80.7 Å². The third-order valence-corrected chi connectivity index (χ3v) is 5.22. The summed E-state index contributed by atoms with van der Waals surface area (Å²) in [6, 6.07) is 18.0. The Morgan fingerprint density at radius 3 is 2.61 bits per heavy atom. The van der Waals surface area contributed by atoms with Crippen molar-refractivity contribution < 1.29 is 4.79 Å². The molecule has 0 spiro atoms. The Morgan fingerprint density at radius 2 is 1.91 bits per heavy atom. The monoisotopic (exact) mass is 388 g/mol. The molecule has 3 nitrogen and oxygen atoms in total. The van der Waals surface area contributed by atoms with Crippen LogP contribution in [0, 0.1) is 0 Å². The molecular weight excluding hydrogens is 372 g/mol. The molecule has 0 atom stereocenters. The van der Waals surface area contributed by atoms with Crippen LogP contribution in [-0.4, -0.2) is 22.4 Å². The van der Waals surface area contributed by atoms with Crippen LogP contribution >= 0.6 is 27.3 Å². The van der Waals surface area contributed by atoms with Gasteiger partial charge in [-0.25, -0.2) is 0 Å². The number of amides is 1. The maximum Gasteiger partial charge on any atom is 0.270 e. The highest BCUT2D eigenvalue weighted by molar-refractivity contribution is 9.11. The minimum Gasteiger partial charge on any atom is -0.339 e. The van der Waals surface area contributed by atoms with E-state index in [1.807, 2.05) is 60.3 Å². The fraction of sp³-hybridized carbons (Fsp3) is 0.167. The van der Waals surface area contributed by atoms with Gasteiger partial charge in [0.25, 0.3) is 5.91 Å². The Hall–Kier alpha value is -1.85. The second-order valence-electron chi connectivity index (χ2n) is 5.37. The first-order valence-corrected chi connectivity index (χ1v) is 8.93. The molecule has 0 radical (unpaired) electrons. The second kappa shape index (κ2) is 7.15. The third-order valence-electron chi connectivity index (χ3n) is 3.61. The Balaban J connectivity index is 1.73. The molecule has 1 amide bonds. The van der Waals surface area contributed by atoms with Gasteiger partial charge in [-0.15, -0.1) is 11.3 Å². The maximum atomic E-state index is 12.7. The van der Waals surface area contributed by atoms with Crippen molar-refractivity contribution in [3.63, 3.8) is 0 Å². The van der Waals surface area contributed by atoms with Gasteiger partial charge in [0.2, 0.25) is 0 Å². The summed E-state index contributed by atoms with van der Waals surface area (Å²) in [6.45, 7) is 1.32. The normalized spacial score (nSPS) is 10.7. The van der Waals surface area contributed by atoms with Crippen molar-refractivity contribution in [2.75, 3.05) is 7.05 Å². The zero-order valence-electron chi connectivity index (χ0n) is 12.8. The molecule has 1 aromatic carbocycles. The summed E-state index contributed by atoms with van der Waals surface area (Å²) < 4.78 is 3.08. The van der Waals surface area contributed by atoms with Gasteiger partial charge in [0.15, 0.2) is 0 Å². The number of hydrogen-bond donors (Lipinski definition) is 0. The van der Waals surface area contributed by atoms with Gasteiger partial charge in [-0.1, -0.05) is 30.3 Å². The summed E-state index contributed by atoms with van der Waals surface area (Å²) in [4.78, 5) is 15.6. The Kier molecular flexibility index (Phi) is 4.98. The summed E-state index contributed by atoms with van der Waals surface area (Å²) >= 11 is 5.11. The Morgan fingerprint density at radius 1 is 1.13 bits per heavy atom. The van der Waals surface area contributed by atoms with Crippen molar-refractivity contribution in [2.24, 2.45) is 0 Å². The predicted molar refractivity (Wildman–Crippen MR) is 97.8 cm³/mol. The third kappa shape index (κ3) is 3.92. The molecule has 0 saturated carbocycles. The molecule has 0 unspecified atom stereocenters. The van der Waals surface area contributed by atoms with Gasteiger partial charge < -0.3 is 9.47 Å². The highest BCUT2D eigenvalue weighted by Crippen LogP contribution is 2.23. The quantitative estimate of drug-likeness (QED) is 0.625. The molecule has 0 aliphatic heterocycles. The van der Waals surface area contributed by atoms with Crippen molar-refractivity contribution >= 4 is 33.2 Å². The van der Waals surface area contributed by atoms with Crippen LogP contribution in [0.1, 0.15) is 20.9 Å². The largest absolute Gasteiger partial charge is 0.339 e. The predicted octanol–water partition coefficient (Wildman–Crippen LogP) is 4.63. The fourth-order valence-corrected chi connectivity index (χ4v) is 4.00. The number of halogens is 1. The molecule has 0 aliphatic rings. The van der Waals surface area contributed by atoms with Crippen molar-refractivity contribution in [1.82, 2.24) is 9.47 Å². The van der Waals surface area contributed by atoms with Gasteiger partial charge in [0.1, 0.15) is 5.69 Å². The first kappa shape index (κ1) is 16.0. The molecule has 2 aromatic heterocycles. The van der Waals surface area contributed by atoms with E-state index in [0.29, 0.717) is 18.8 Å². The lowest BCUT2D eigenvalue weighted by atomic mass is 10.2. The number of hydrogen-bond acceptors (Lipinski definition) is 2. The van der Waals surface area contributed by atoms with Crippen LogP contribution in [0.4, 0.5) is 0 Å².